The van der Waals surface area contributed by atoms with Crippen LogP contribution in [-0.2, 0) is 4.79 Å². The summed E-state index contributed by atoms with van der Waals surface area (Å²) >= 11 is 6.08. The zero-order valence-electron chi connectivity index (χ0n) is 9.78. The van der Waals surface area contributed by atoms with Crippen molar-refractivity contribution in [3.63, 3.8) is 0 Å². The summed E-state index contributed by atoms with van der Waals surface area (Å²) in [5.41, 5.74) is 6.52. The molecule has 0 aromatic heterocycles. The van der Waals surface area contributed by atoms with Gasteiger partial charge in [0.15, 0.2) is 0 Å². The summed E-state index contributed by atoms with van der Waals surface area (Å²) in [6, 6.07) is 0.315. The standard InChI is InChI=1S/C11H14ClNO4/c1-5-7(16-2)4-6(9(13)11(14)15)10(17-3)8(5)12/h4,9H,13H2,1-3H3,(H,14,15). The van der Waals surface area contributed by atoms with E-state index < -0.39 is 12.0 Å². The molecule has 0 spiro atoms. The van der Waals surface area contributed by atoms with Gasteiger partial charge in [-0.25, -0.2) is 0 Å². The van der Waals surface area contributed by atoms with Crippen molar-refractivity contribution in [2.24, 2.45) is 5.73 Å². The Morgan fingerprint density at radius 1 is 1.47 bits per heavy atom. The second-order valence-corrected chi connectivity index (χ2v) is 3.83. The van der Waals surface area contributed by atoms with Gasteiger partial charge in [0, 0.05) is 11.1 Å². The molecule has 0 heterocycles. The first-order valence-electron chi connectivity index (χ1n) is 4.83. The monoisotopic (exact) mass is 259 g/mol. The summed E-state index contributed by atoms with van der Waals surface area (Å²) in [6.45, 7) is 1.75. The molecule has 0 fully saturated rings. The number of hydrogen-bond acceptors (Lipinski definition) is 4. The summed E-state index contributed by atoms with van der Waals surface area (Å²) in [4.78, 5) is 10.9. The molecule has 94 valence electrons. The van der Waals surface area contributed by atoms with Crippen LogP contribution >= 0.6 is 11.6 Å². The number of aliphatic carboxylic acids is 1. The van der Waals surface area contributed by atoms with Gasteiger partial charge in [-0.3, -0.25) is 4.79 Å². The highest BCUT2D eigenvalue weighted by molar-refractivity contribution is 6.33. The Morgan fingerprint density at radius 3 is 2.47 bits per heavy atom. The van der Waals surface area contributed by atoms with E-state index in [0.29, 0.717) is 16.3 Å². The van der Waals surface area contributed by atoms with Crippen molar-refractivity contribution in [1.82, 2.24) is 0 Å². The Balaban J connectivity index is 3.47. The lowest BCUT2D eigenvalue weighted by Crippen LogP contribution is -2.21. The number of carboxylic acids is 1. The van der Waals surface area contributed by atoms with Crippen LogP contribution in [0, 0.1) is 6.92 Å². The fourth-order valence-electron chi connectivity index (χ4n) is 1.50. The third-order valence-corrected chi connectivity index (χ3v) is 2.93. The molecule has 0 aliphatic heterocycles. The number of benzene rings is 1. The van der Waals surface area contributed by atoms with E-state index in [4.69, 9.17) is 31.9 Å². The van der Waals surface area contributed by atoms with Gasteiger partial charge in [-0.05, 0) is 13.0 Å². The maximum Gasteiger partial charge on any atom is 0.325 e. The largest absolute Gasteiger partial charge is 0.496 e. The molecule has 6 heteroatoms. The lowest BCUT2D eigenvalue weighted by Gasteiger charge is -2.17. The molecule has 1 rings (SSSR count). The van der Waals surface area contributed by atoms with Crippen LogP contribution in [0.4, 0.5) is 0 Å². The molecule has 5 nitrogen and oxygen atoms in total. The fourth-order valence-corrected chi connectivity index (χ4v) is 1.78. The lowest BCUT2D eigenvalue weighted by molar-refractivity contribution is -0.138. The highest BCUT2D eigenvalue weighted by Crippen LogP contribution is 2.39. The maximum atomic E-state index is 10.9. The van der Waals surface area contributed by atoms with E-state index in [1.807, 2.05) is 0 Å². The molecule has 0 aliphatic rings. The smallest absolute Gasteiger partial charge is 0.325 e. The summed E-state index contributed by atoms with van der Waals surface area (Å²) in [5, 5.41) is 9.22. The highest BCUT2D eigenvalue weighted by Gasteiger charge is 2.24. The van der Waals surface area contributed by atoms with Gasteiger partial charge in [0.2, 0.25) is 0 Å². The van der Waals surface area contributed by atoms with Crippen LogP contribution in [0.5, 0.6) is 11.5 Å². The minimum Gasteiger partial charge on any atom is -0.496 e. The molecule has 0 amide bonds. The van der Waals surface area contributed by atoms with Crippen molar-refractivity contribution in [1.29, 1.82) is 0 Å². The Bertz CT molecular complexity index is 448. The van der Waals surface area contributed by atoms with E-state index in [0.717, 1.165) is 0 Å². The van der Waals surface area contributed by atoms with E-state index in [1.165, 1.54) is 20.3 Å². The minimum absolute atomic E-state index is 0.264. The van der Waals surface area contributed by atoms with Gasteiger partial charge in [0.05, 0.1) is 19.2 Å². The SMILES string of the molecule is COc1cc(C(N)C(=O)O)c(OC)c(Cl)c1C. The number of carbonyl (C=O) groups is 1. The molecule has 0 saturated carbocycles. The first-order chi connectivity index (χ1) is 7.93. The number of methoxy groups -OCH3 is 2. The van der Waals surface area contributed by atoms with Crippen molar-refractivity contribution in [2.75, 3.05) is 14.2 Å². The van der Waals surface area contributed by atoms with Crippen molar-refractivity contribution in [2.45, 2.75) is 13.0 Å². The molecule has 1 aromatic rings. The summed E-state index contributed by atoms with van der Waals surface area (Å²) in [5.74, 6) is -0.423. The molecule has 3 N–H and O–H groups in total. The molecular formula is C11H14ClNO4. The molecule has 1 unspecified atom stereocenters. The van der Waals surface area contributed by atoms with Crippen LogP contribution in [0.25, 0.3) is 0 Å². The number of rotatable bonds is 4. The second-order valence-electron chi connectivity index (χ2n) is 3.46. The Labute approximate surface area is 104 Å². The van der Waals surface area contributed by atoms with Crippen LogP contribution in [0.1, 0.15) is 17.2 Å². The van der Waals surface area contributed by atoms with E-state index in [1.54, 1.807) is 6.92 Å². The first kappa shape index (κ1) is 13.6. The topological polar surface area (TPSA) is 81.8 Å². The fraction of sp³-hybridized carbons (Fsp3) is 0.364. The van der Waals surface area contributed by atoms with Crippen LogP contribution in [0.3, 0.4) is 0 Å². The van der Waals surface area contributed by atoms with E-state index >= 15 is 0 Å². The van der Waals surface area contributed by atoms with E-state index in [2.05, 4.69) is 0 Å². The Hall–Kier alpha value is -1.46. The number of hydrogen-bond donors (Lipinski definition) is 2. The number of halogens is 1. The van der Waals surface area contributed by atoms with Crippen molar-refractivity contribution < 1.29 is 19.4 Å². The van der Waals surface area contributed by atoms with E-state index in [-0.39, 0.29) is 11.3 Å². The number of nitrogens with two attached hydrogens (primary N) is 1. The van der Waals surface area contributed by atoms with Gasteiger partial charge in [-0.15, -0.1) is 0 Å². The predicted molar refractivity (Wildman–Crippen MR) is 63.9 cm³/mol. The van der Waals surface area contributed by atoms with Crippen LogP contribution in [-0.4, -0.2) is 25.3 Å². The predicted octanol–water partition coefficient (Wildman–Crippen LogP) is 1.75. The second kappa shape index (κ2) is 5.25. The zero-order chi connectivity index (χ0) is 13.2. The van der Waals surface area contributed by atoms with Crippen LogP contribution < -0.4 is 15.2 Å². The molecule has 1 aromatic carbocycles. The van der Waals surface area contributed by atoms with Gasteiger partial charge >= 0.3 is 5.97 Å². The average molecular weight is 260 g/mol. The minimum atomic E-state index is -1.21. The van der Waals surface area contributed by atoms with Gasteiger partial charge in [0.25, 0.3) is 0 Å². The Morgan fingerprint density at radius 2 is 2.06 bits per heavy atom. The Kier molecular flexibility index (Phi) is 4.20. The van der Waals surface area contributed by atoms with Crippen molar-refractivity contribution >= 4 is 17.6 Å². The third kappa shape index (κ3) is 2.45. The van der Waals surface area contributed by atoms with Crippen LogP contribution in [0.15, 0.2) is 6.07 Å². The van der Waals surface area contributed by atoms with Gasteiger partial charge in [-0.2, -0.15) is 0 Å². The zero-order valence-corrected chi connectivity index (χ0v) is 10.5. The average Bonchev–Trinajstić information content (AvgIpc) is 2.31. The molecule has 0 aliphatic carbocycles. The molecular weight excluding hydrogens is 246 g/mol. The molecule has 1 atom stereocenters. The lowest BCUT2D eigenvalue weighted by atomic mass is 10.0. The van der Waals surface area contributed by atoms with Crippen molar-refractivity contribution in [3.8, 4) is 11.5 Å². The normalized spacial score (nSPS) is 12.1. The maximum absolute atomic E-state index is 10.9. The van der Waals surface area contributed by atoms with Crippen molar-refractivity contribution in [3.05, 3.63) is 22.2 Å². The molecule has 0 saturated heterocycles. The van der Waals surface area contributed by atoms with Gasteiger partial charge < -0.3 is 20.3 Å². The summed E-state index contributed by atoms with van der Waals surface area (Å²) < 4.78 is 10.2. The third-order valence-electron chi connectivity index (χ3n) is 2.47. The number of carboxylic acid groups (broad SMARTS) is 1. The van der Waals surface area contributed by atoms with Gasteiger partial charge in [-0.1, -0.05) is 11.6 Å². The quantitative estimate of drug-likeness (QED) is 0.861. The highest BCUT2D eigenvalue weighted by atomic mass is 35.5. The van der Waals surface area contributed by atoms with Gasteiger partial charge in [0.1, 0.15) is 17.5 Å². The van der Waals surface area contributed by atoms with Crippen LogP contribution in [0.2, 0.25) is 5.02 Å². The summed E-state index contributed by atoms with van der Waals surface area (Å²) in [6.07, 6.45) is 0. The number of ether oxygens (including phenoxy) is 2. The summed E-state index contributed by atoms with van der Waals surface area (Å²) in [7, 11) is 2.88. The molecule has 0 bridgehead atoms. The van der Waals surface area contributed by atoms with E-state index in [9.17, 15) is 4.79 Å². The first-order valence-corrected chi connectivity index (χ1v) is 5.21. The molecule has 0 radical (unpaired) electrons. The molecule has 17 heavy (non-hydrogen) atoms.